The van der Waals surface area contributed by atoms with E-state index in [0.717, 1.165) is 0 Å². The van der Waals surface area contributed by atoms with Crippen molar-refractivity contribution >= 4 is 29.2 Å². The zero-order valence-corrected chi connectivity index (χ0v) is 11.7. The van der Waals surface area contributed by atoms with Crippen molar-refractivity contribution in [1.29, 1.82) is 5.26 Å². The smallest absolute Gasteiger partial charge is 0.339 e. The number of esters is 1. The monoisotopic (exact) mass is 305 g/mol. The van der Waals surface area contributed by atoms with E-state index >= 15 is 0 Å². The maximum atomic E-state index is 11.9. The fourth-order valence-corrected chi connectivity index (χ4v) is 1.82. The van der Waals surface area contributed by atoms with E-state index in [4.69, 9.17) is 33.2 Å². The van der Waals surface area contributed by atoms with Gasteiger partial charge in [0.1, 0.15) is 6.07 Å². The van der Waals surface area contributed by atoms with Gasteiger partial charge in [-0.1, -0.05) is 35.3 Å². The van der Waals surface area contributed by atoms with Gasteiger partial charge in [0.15, 0.2) is 0 Å². The molecule has 0 aliphatic rings. The van der Waals surface area contributed by atoms with Gasteiger partial charge in [0.05, 0.1) is 5.56 Å². The number of nitriles is 1. The summed E-state index contributed by atoms with van der Waals surface area (Å²) in [5.74, 6) is -0.580. The zero-order valence-electron chi connectivity index (χ0n) is 10.2. The molecule has 0 amide bonds. The van der Waals surface area contributed by atoms with Crippen molar-refractivity contribution in [2.75, 3.05) is 0 Å². The maximum Gasteiger partial charge on any atom is 0.339 e. The number of ether oxygens (including phenoxy) is 1. The van der Waals surface area contributed by atoms with Crippen molar-refractivity contribution in [3.63, 3.8) is 0 Å². The van der Waals surface area contributed by atoms with Gasteiger partial charge in [0.2, 0.25) is 6.10 Å². The second-order valence-corrected chi connectivity index (χ2v) is 4.85. The quantitative estimate of drug-likeness (QED) is 0.789. The van der Waals surface area contributed by atoms with Crippen LogP contribution in [0, 0.1) is 11.3 Å². The standard InChI is InChI=1S/C15H9Cl2NO2/c16-12-5-1-10(2-6-12)14(9-18)20-15(19)11-3-7-13(17)8-4-11/h1-8,14H. The molecule has 0 heterocycles. The third-order valence-corrected chi connectivity index (χ3v) is 3.10. The summed E-state index contributed by atoms with van der Waals surface area (Å²) in [6.45, 7) is 0. The molecule has 0 aromatic heterocycles. The third kappa shape index (κ3) is 3.51. The van der Waals surface area contributed by atoms with E-state index in [9.17, 15) is 4.79 Å². The van der Waals surface area contributed by atoms with E-state index in [2.05, 4.69) is 0 Å². The Morgan fingerprint density at radius 3 is 2.00 bits per heavy atom. The van der Waals surface area contributed by atoms with Crippen LogP contribution in [0.25, 0.3) is 0 Å². The highest BCUT2D eigenvalue weighted by atomic mass is 35.5. The van der Waals surface area contributed by atoms with Crippen molar-refractivity contribution in [3.8, 4) is 6.07 Å². The molecule has 2 aromatic rings. The molecule has 1 unspecified atom stereocenters. The van der Waals surface area contributed by atoms with Crippen molar-refractivity contribution in [2.45, 2.75) is 6.10 Å². The van der Waals surface area contributed by atoms with Gasteiger partial charge in [-0.2, -0.15) is 5.26 Å². The van der Waals surface area contributed by atoms with E-state index < -0.39 is 12.1 Å². The molecule has 2 aromatic carbocycles. The van der Waals surface area contributed by atoms with Crippen molar-refractivity contribution in [2.24, 2.45) is 0 Å². The number of rotatable bonds is 3. The predicted octanol–water partition coefficient (Wildman–Crippen LogP) is 4.42. The van der Waals surface area contributed by atoms with Crippen LogP contribution < -0.4 is 0 Å². The van der Waals surface area contributed by atoms with Crippen LogP contribution in [-0.4, -0.2) is 5.97 Å². The highest BCUT2D eigenvalue weighted by Gasteiger charge is 2.17. The van der Waals surface area contributed by atoms with Crippen molar-refractivity contribution in [1.82, 2.24) is 0 Å². The lowest BCUT2D eigenvalue weighted by molar-refractivity contribution is 0.0404. The van der Waals surface area contributed by atoms with Gasteiger partial charge in [-0.15, -0.1) is 0 Å². The molecule has 0 N–H and O–H groups in total. The Balaban J connectivity index is 2.14. The Labute approximate surface area is 126 Å². The lowest BCUT2D eigenvalue weighted by Crippen LogP contribution is -2.10. The van der Waals surface area contributed by atoms with E-state index in [1.54, 1.807) is 48.5 Å². The average molecular weight is 306 g/mol. The van der Waals surface area contributed by atoms with Crippen LogP contribution in [0.1, 0.15) is 22.0 Å². The molecule has 1 atom stereocenters. The average Bonchev–Trinajstić information content (AvgIpc) is 2.46. The molecule has 0 saturated carbocycles. The molecule has 2 rings (SSSR count). The first-order valence-corrected chi connectivity index (χ1v) is 6.47. The Kier molecular flexibility index (Phi) is 4.62. The predicted molar refractivity (Wildman–Crippen MR) is 76.7 cm³/mol. The largest absolute Gasteiger partial charge is 0.438 e. The minimum atomic E-state index is -0.976. The first kappa shape index (κ1) is 14.4. The van der Waals surface area contributed by atoms with Gasteiger partial charge >= 0.3 is 5.97 Å². The molecule has 0 bridgehead atoms. The molecule has 0 aliphatic heterocycles. The first-order valence-electron chi connectivity index (χ1n) is 5.72. The van der Waals surface area contributed by atoms with E-state index in [1.165, 1.54) is 0 Å². The fourth-order valence-electron chi connectivity index (χ4n) is 1.57. The lowest BCUT2D eigenvalue weighted by Gasteiger charge is -2.11. The van der Waals surface area contributed by atoms with E-state index in [1.807, 2.05) is 6.07 Å². The van der Waals surface area contributed by atoms with Crippen LogP contribution >= 0.6 is 23.2 Å². The summed E-state index contributed by atoms with van der Waals surface area (Å²) < 4.78 is 5.17. The van der Waals surface area contributed by atoms with E-state index in [0.29, 0.717) is 21.2 Å². The molecular formula is C15H9Cl2NO2. The summed E-state index contributed by atoms with van der Waals surface area (Å²) >= 11 is 11.5. The van der Waals surface area contributed by atoms with Gasteiger partial charge in [-0.05, 0) is 36.4 Å². The Hall–Kier alpha value is -2.02. The van der Waals surface area contributed by atoms with Gasteiger partial charge in [0.25, 0.3) is 0 Å². The summed E-state index contributed by atoms with van der Waals surface area (Å²) in [5.41, 5.74) is 0.905. The third-order valence-electron chi connectivity index (χ3n) is 2.59. The number of carbonyl (C=O) groups excluding carboxylic acids is 1. The molecule has 0 fully saturated rings. The molecule has 0 saturated heterocycles. The number of hydrogen-bond acceptors (Lipinski definition) is 3. The highest BCUT2D eigenvalue weighted by Crippen LogP contribution is 2.21. The summed E-state index contributed by atoms with van der Waals surface area (Å²) in [5, 5.41) is 10.2. The summed E-state index contributed by atoms with van der Waals surface area (Å²) in [6.07, 6.45) is -0.976. The zero-order chi connectivity index (χ0) is 14.5. The Morgan fingerprint density at radius 1 is 1.00 bits per heavy atom. The number of carbonyl (C=O) groups is 1. The topological polar surface area (TPSA) is 50.1 Å². The first-order chi connectivity index (χ1) is 9.60. The molecule has 0 spiro atoms. The minimum absolute atomic E-state index is 0.337. The number of hydrogen-bond donors (Lipinski definition) is 0. The molecule has 0 radical (unpaired) electrons. The normalized spacial score (nSPS) is 11.4. The Morgan fingerprint density at radius 2 is 1.50 bits per heavy atom. The van der Waals surface area contributed by atoms with Crippen LogP contribution in [0.4, 0.5) is 0 Å². The molecule has 3 nitrogen and oxygen atoms in total. The summed E-state index contributed by atoms with van der Waals surface area (Å²) in [6, 6.07) is 14.8. The number of benzene rings is 2. The summed E-state index contributed by atoms with van der Waals surface area (Å²) in [4.78, 5) is 11.9. The van der Waals surface area contributed by atoms with Gasteiger partial charge < -0.3 is 4.74 Å². The van der Waals surface area contributed by atoms with Gasteiger partial charge in [-0.25, -0.2) is 4.79 Å². The van der Waals surface area contributed by atoms with Crippen LogP contribution in [0.3, 0.4) is 0 Å². The van der Waals surface area contributed by atoms with Crippen LogP contribution in [0.2, 0.25) is 10.0 Å². The Bertz CT molecular complexity index is 645. The van der Waals surface area contributed by atoms with Crippen molar-refractivity contribution in [3.05, 3.63) is 69.7 Å². The molecular weight excluding hydrogens is 297 g/mol. The second-order valence-electron chi connectivity index (χ2n) is 3.97. The van der Waals surface area contributed by atoms with Crippen LogP contribution in [0.5, 0.6) is 0 Å². The second kappa shape index (κ2) is 6.42. The maximum absolute atomic E-state index is 11.9. The number of halogens is 2. The lowest BCUT2D eigenvalue weighted by atomic mass is 10.1. The van der Waals surface area contributed by atoms with Crippen LogP contribution in [0.15, 0.2) is 48.5 Å². The van der Waals surface area contributed by atoms with Crippen molar-refractivity contribution < 1.29 is 9.53 Å². The fraction of sp³-hybridized carbons (Fsp3) is 0.0667. The summed E-state index contributed by atoms with van der Waals surface area (Å²) in [7, 11) is 0. The molecule has 20 heavy (non-hydrogen) atoms. The van der Waals surface area contributed by atoms with Crippen LogP contribution in [-0.2, 0) is 4.74 Å². The van der Waals surface area contributed by atoms with E-state index in [-0.39, 0.29) is 0 Å². The molecule has 5 heteroatoms. The van der Waals surface area contributed by atoms with Gasteiger partial charge in [0, 0.05) is 15.6 Å². The number of nitrogens with zero attached hydrogens (tertiary/aromatic N) is 1. The highest BCUT2D eigenvalue weighted by molar-refractivity contribution is 6.30. The van der Waals surface area contributed by atoms with Gasteiger partial charge in [-0.3, -0.25) is 0 Å². The minimum Gasteiger partial charge on any atom is -0.438 e. The molecule has 0 aliphatic carbocycles. The SMILES string of the molecule is N#CC(OC(=O)c1ccc(Cl)cc1)c1ccc(Cl)cc1. The molecule has 100 valence electrons.